The Morgan fingerprint density at radius 3 is 2.75 bits per heavy atom. The van der Waals surface area contributed by atoms with Gasteiger partial charge < -0.3 is 5.73 Å². The van der Waals surface area contributed by atoms with Crippen LogP contribution in [0.1, 0.15) is 44.6 Å². The average Bonchev–Trinajstić information content (AvgIpc) is 2.80. The van der Waals surface area contributed by atoms with Crippen LogP contribution in [0.2, 0.25) is 0 Å². The van der Waals surface area contributed by atoms with Gasteiger partial charge in [0.25, 0.3) is 0 Å². The summed E-state index contributed by atoms with van der Waals surface area (Å²) in [5.41, 5.74) is 7.78. The predicted molar refractivity (Wildman–Crippen MR) is 71.7 cm³/mol. The highest BCUT2D eigenvalue weighted by Gasteiger charge is 2.23. The third-order valence-electron chi connectivity index (χ3n) is 4.01. The van der Waals surface area contributed by atoms with Gasteiger partial charge in [-0.25, -0.2) is 0 Å². The molecule has 1 saturated carbocycles. The normalized spacial score (nSPS) is 27.9. The lowest BCUT2D eigenvalue weighted by Gasteiger charge is -2.30. The third-order valence-corrected chi connectivity index (χ3v) is 4.74. The zero-order chi connectivity index (χ0) is 11.4. The molecule has 0 spiro atoms. The number of rotatable bonds is 4. The number of hydrogen-bond donors (Lipinski definition) is 1. The second-order valence-electron chi connectivity index (χ2n) is 5.35. The second kappa shape index (κ2) is 5.83. The summed E-state index contributed by atoms with van der Waals surface area (Å²) in [5, 5.41) is 4.40. The van der Waals surface area contributed by atoms with E-state index in [2.05, 4.69) is 23.8 Å². The molecule has 0 radical (unpaired) electrons. The molecule has 1 aromatic rings. The third kappa shape index (κ3) is 3.33. The van der Waals surface area contributed by atoms with Crippen molar-refractivity contribution in [2.24, 2.45) is 17.6 Å². The van der Waals surface area contributed by atoms with Crippen molar-refractivity contribution < 1.29 is 0 Å². The lowest BCUT2D eigenvalue weighted by atomic mass is 9.78. The van der Waals surface area contributed by atoms with Gasteiger partial charge in [0, 0.05) is 6.04 Å². The van der Waals surface area contributed by atoms with Crippen LogP contribution in [-0.2, 0) is 6.42 Å². The highest BCUT2D eigenvalue weighted by molar-refractivity contribution is 7.07. The molecule has 0 amide bonds. The number of nitrogens with two attached hydrogens (primary N) is 1. The predicted octanol–water partition coefficient (Wildman–Crippen LogP) is 3.83. The van der Waals surface area contributed by atoms with Crippen LogP contribution < -0.4 is 5.73 Å². The number of hydrogen-bond acceptors (Lipinski definition) is 2. The standard InChI is InChI=1S/C14H23NS/c1-11-2-5-13(6-3-11)14(15)7-4-12-8-9-16-10-12/h8-11,13-14H,2-7,15H2,1H3. The van der Waals surface area contributed by atoms with E-state index in [9.17, 15) is 0 Å². The molecule has 2 N–H and O–H groups in total. The fourth-order valence-corrected chi connectivity index (χ4v) is 3.42. The van der Waals surface area contributed by atoms with Gasteiger partial charge in [-0.3, -0.25) is 0 Å². The average molecular weight is 237 g/mol. The SMILES string of the molecule is CC1CCC(C(N)CCc2ccsc2)CC1. The van der Waals surface area contributed by atoms with E-state index in [1.54, 1.807) is 11.3 Å². The van der Waals surface area contributed by atoms with Crippen molar-refractivity contribution in [1.82, 2.24) is 0 Å². The molecule has 90 valence electrons. The van der Waals surface area contributed by atoms with E-state index in [1.807, 2.05) is 0 Å². The molecule has 1 nitrogen and oxygen atoms in total. The summed E-state index contributed by atoms with van der Waals surface area (Å²) in [5.74, 6) is 1.72. The lowest BCUT2D eigenvalue weighted by molar-refractivity contribution is 0.248. The summed E-state index contributed by atoms with van der Waals surface area (Å²) in [6.45, 7) is 2.37. The Balaban J connectivity index is 1.73. The van der Waals surface area contributed by atoms with E-state index in [-0.39, 0.29) is 0 Å². The number of aryl methyl sites for hydroxylation is 1. The van der Waals surface area contributed by atoms with Crippen LogP contribution in [0.4, 0.5) is 0 Å². The first-order valence-electron chi connectivity index (χ1n) is 6.52. The molecule has 1 aromatic heterocycles. The van der Waals surface area contributed by atoms with E-state index in [0.29, 0.717) is 6.04 Å². The van der Waals surface area contributed by atoms with Gasteiger partial charge in [-0.1, -0.05) is 19.8 Å². The molecule has 1 heterocycles. The molecule has 1 aliphatic rings. The van der Waals surface area contributed by atoms with Crippen molar-refractivity contribution in [2.75, 3.05) is 0 Å². The molecule has 1 aliphatic carbocycles. The van der Waals surface area contributed by atoms with Crippen LogP contribution in [0.3, 0.4) is 0 Å². The Morgan fingerprint density at radius 2 is 2.12 bits per heavy atom. The van der Waals surface area contributed by atoms with Gasteiger partial charge in [0.2, 0.25) is 0 Å². The van der Waals surface area contributed by atoms with Crippen LogP contribution in [-0.4, -0.2) is 6.04 Å². The monoisotopic (exact) mass is 237 g/mol. The van der Waals surface area contributed by atoms with Gasteiger partial charge in [-0.05, 0) is 59.9 Å². The summed E-state index contributed by atoms with van der Waals surface area (Å²) in [6, 6.07) is 2.65. The minimum Gasteiger partial charge on any atom is -0.327 e. The van der Waals surface area contributed by atoms with Crippen molar-refractivity contribution >= 4 is 11.3 Å². The summed E-state index contributed by atoms with van der Waals surface area (Å²) in [6.07, 6.45) is 7.80. The Bertz CT molecular complexity index is 286. The largest absolute Gasteiger partial charge is 0.327 e. The van der Waals surface area contributed by atoms with Crippen molar-refractivity contribution in [2.45, 2.75) is 51.5 Å². The Kier molecular flexibility index (Phi) is 4.42. The first-order chi connectivity index (χ1) is 7.75. The molecule has 0 bridgehead atoms. The molecule has 0 aliphatic heterocycles. The summed E-state index contributed by atoms with van der Waals surface area (Å²) in [7, 11) is 0. The number of thiophene rings is 1. The van der Waals surface area contributed by atoms with Gasteiger partial charge in [-0.2, -0.15) is 11.3 Å². The highest BCUT2D eigenvalue weighted by Crippen LogP contribution is 2.31. The van der Waals surface area contributed by atoms with Crippen molar-refractivity contribution in [3.8, 4) is 0 Å². The first kappa shape index (κ1) is 12.1. The topological polar surface area (TPSA) is 26.0 Å². The molecule has 1 fully saturated rings. The molecular formula is C14H23NS. The van der Waals surface area contributed by atoms with Gasteiger partial charge in [0.15, 0.2) is 0 Å². The van der Waals surface area contributed by atoms with Gasteiger partial charge in [0.05, 0.1) is 0 Å². The quantitative estimate of drug-likeness (QED) is 0.846. The summed E-state index contributed by atoms with van der Waals surface area (Å²) in [4.78, 5) is 0. The minimum atomic E-state index is 0.424. The molecule has 2 heteroatoms. The fraction of sp³-hybridized carbons (Fsp3) is 0.714. The smallest absolute Gasteiger partial charge is 0.00703 e. The Hall–Kier alpha value is -0.340. The lowest BCUT2D eigenvalue weighted by Crippen LogP contribution is -2.33. The van der Waals surface area contributed by atoms with E-state index in [4.69, 9.17) is 5.73 Å². The van der Waals surface area contributed by atoms with Gasteiger partial charge in [-0.15, -0.1) is 0 Å². The van der Waals surface area contributed by atoms with E-state index in [0.717, 1.165) is 24.7 Å². The van der Waals surface area contributed by atoms with Crippen LogP contribution >= 0.6 is 11.3 Å². The van der Waals surface area contributed by atoms with Crippen molar-refractivity contribution in [3.05, 3.63) is 22.4 Å². The molecule has 2 rings (SSSR count). The summed E-state index contributed by atoms with van der Waals surface area (Å²) >= 11 is 1.79. The van der Waals surface area contributed by atoms with Crippen LogP contribution in [0.15, 0.2) is 16.8 Å². The van der Waals surface area contributed by atoms with E-state index < -0.39 is 0 Å². The van der Waals surface area contributed by atoms with Crippen LogP contribution in [0, 0.1) is 11.8 Å². The molecule has 16 heavy (non-hydrogen) atoms. The first-order valence-corrected chi connectivity index (χ1v) is 7.46. The molecule has 1 unspecified atom stereocenters. The zero-order valence-electron chi connectivity index (χ0n) is 10.2. The van der Waals surface area contributed by atoms with Crippen molar-refractivity contribution in [1.29, 1.82) is 0 Å². The van der Waals surface area contributed by atoms with Crippen LogP contribution in [0.5, 0.6) is 0 Å². The van der Waals surface area contributed by atoms with Gasteiger partial charge in [0.1, 0.15) is 0 Å². The molecule has 0 saturated heterocycles. The maximum Gasteiger partial charge on any atom is 0.00703 e. The highest BCUT2D eigenvalue weighted by atomic mass is 32.1. The Labute approximate surface area is 103 Å². The maximum atomic E-state index is 6.31. The second-order valence-corrected chi connectivity index (χ2v) is 6.13. The van der Waals surface area contributed by atoms with E-state index in [1.165, 1.54) is 31.2 Å². The molecule has 0 aromatic carbocycles. The fourth-order valence-electron chi connectivity index (χ4n) is 2.72. The molecule has 1 atom stereocenters. The Morgan fingerprint density at radius 1 is 1.38 bits per heavy atom. The minimum absolute atomic E-state index is 0.424. The van der Waals surface area contributed by atoms with Crippen LogP contribution in [0.25, 0.3) is 0 Å². The van der Waals surface area contributed by atoms with Crippen molar-refractivity contribution in [3.63, 3.8) is 0 Å². The zero-order valence-corrected chi connectivity index (χ0v) is 11.0. The maximum absolute atomic E-state index is 6.31. The molecular weight excluding hydrogens is 214 g/mol. The summed E-state index contributed by atoms with van der Waals surface area (Å²) < 4.78 is 0. The van der Waals surface area contributed by atoms with E-state index >= 15 is 0 Å². The van der Waals surface area contributed by atoms with Gasteiger partial charge >= 0.3 is 0 Å².